The van der Waals surface area contributed by atoms with E-state index in [-0.39, 0.29) is 17.0 Å². The summed E-state index contributed by atoms with van der Waals surface area (Å²) in [7, 11) is -2.09. The Balaban J connectivity index is 2.20. The maximum absolute atomic E-state index is 11.8. The van der Waals surface area contributed by atoms with Crippen LogP contribution in [-0.4, -0.2) is 34.2 Å². The van der Waals surface area contributed by atoms with Gasteiger partial charge in [0.1, 0.15) is 0 Å². The molecule has 112 valence electrons. The lowest BCUT2D eigenvalue weighted by molar-refractivity contribution is 0.0997. The molecule has 2 atom stereocenters. The van der Waals surface area contributed by atoms with Gasteiger partial charge in [-0.25, -0.2) is 13.1 Å². The Bertz CT molecular complexity index is 568. The number of nitrogens with two attached hydrogens (primary N) is 1. The zero-order valence-corrected chi connectivity index (χ0v) is 12.5. The van der Waals surface area contributed by atoms with Gasteiger partial charge in [-0.1, -0.05) is 0 Å². The van der Waals surface area contributed by atoms with Crippen LogP contribution in [0.1, 0.15) is 19.8 Å². The number of nitrogens with one attached hydrogen (secondary N) is 2. The van der Waals surface area contributed by atoms with E-state index in [1.54, 1.807) is 12.1 Å². The number of hydrogen-bond donors (Lipinski definition) is 3. The van der Waals surface area contributed by atoms with E-state index in [1.165, 1.54) is 13.1 Å². The summed E-state index contributed by atoms with van der Waals surface area (Å²) < 4.78 is 31.5. The van der Waals surface area contributed by atoms with Crippen molar-refractivity contribution in [3.63, 3.8) is 0 Å². The van der Waals surface area contributed by atoms with Crippen molar-refractivity contribution in [2.75, 3.05) is 24.7 Å². The Morgan fingerprint density at radius 1 is 1.45 bits per heavy atom. The maximum atomic E-state index is 11.8. The number of ether oxygens (including phenoxy) is 1. The Kier molecular flexibility index (Phi) is 4.52. The highest BCUT2D eigenvalue weighted by molar-refractivity contribution is 7.89. The fraction of sp³-hybridized carbons (Fsp3) is 0.538. The minimum Gasteiger partial charge on any atom is -0.397 e. The van der Waals surface area contributed by atoms with E-state index in [1.807, 2.05) is 6.92 Å². The third kappa shape index (κ3) is 3.23. The number of benzene rings is 1. The van der Waals surface area contributed by atoms with Crippen LogP contribution in [0.3, 0.4) is 0 Å². The van der Waals surface area contributed by atoms with Crippen LogP contribution in [0.25, 0.3) is 0 Å². The standard InChI is InChI=1S/C13H21N3O3S/c1-9(13-4-3-7-19-13)16-12-8-10(5-6-11(12)14)20(17,18)15-2/h5-6,8-9,13,15-16H,3-4,7,14H2,1-2H3. The molecule has 1 aromatic carbocycles. The molecular weight excluding hydrogens is 278 g/mol. The maximum Gasteiger partial charge on any atom is 0.240 e. The summed E-state index contributed by atoms with van der Waals surface area (Å²) >= 11 is 0. The molecule has 0 radical (unpaired) electrons. The third-order valence-corrected chi connectivity index (χ3v) is 4.92. The van der Waals surface area contributed by atoms with Gasteiger partial charge in [-0.05, 0) is 45.0 Å². The first-order valence-electron chi connectivity index (χ1n) is 6.65. The topological polar surface area (TPSA) is 93.5 Å². The highest BCUT2D eigenvalue weighted by Gasteiger charge is 2.23. The summed E-state index contributed by atoms with van der Waals surface area (Å²) in [6.45, 7) is 2.79. The van der Waals surface area contributed by atoms with E-state index in [0.29, 0.717) is 11.4 Å². The summed E-state index contributed by atoms with van der Waals surface area (Å²) in [5.41, 5.74) is 7.04. The predicted octanol–water partition coefficient (Wildman–Crippen LogP) is 1.16. The molecule has 7 heteroatoms. The molecule has 6 nitrogen and oxygen atoms in total. The van der Waals surface area contributed by atoms with Crippen LogP contribution >= 0.6 is 0 Å². The van der Waals surface area contributed by atoms with Crippen molar-refractivity contribution in [1.82, 2.24) is 4.72 Å². The number of rotatable bonds is 5. The third-order valence-electron chi connectivity index (χ3n) is 3.51. The zero-order chi connectivity index (χ0) is 14.8. The first-order chi connectivity index (χ1) is 9.44. The van der Waals surface area contributed by atoms with Gasteiger partial charge in [0, 0.05) is 12.6 Å². The fourth-order valence-corrected chi connectivity index (χ4v) is 3.04. The Morgan fingerprint density at radius 2 is 2.20 bits per heavy atom. The molecule has 2 rings (SSSR count). The SMILES string of the molecule is CNS(=O)(=O)c1ccc(N)c(NC(C)C2CCCO2)c1. The molecule has 2 unspecified atom stereocenters. The fourth-order valence-electron chi connectivity index (χ4n) is 2.28. The molecule has 0 amide bonds. The second-order valence-corrected chi connectivity index (χ2v) is 6.83. The molecule has 1 fully saturated rings. The lowest BCUT2D eigenvalue weighted by Gasteiger charge is -2.22. The predicted molar refractivity (Wildman–Crippen MR) is 79.2 cm³/mol. The number of nitrogen functional groups attached to an aromatic ring is 1. The molecule has 1 saturated heterocycles. The van der Waals surface area contributed by atoms with E-state index >= 15 is 0 Å². The Labute approximate surface area is 119 Å². The minimum atomic E-state index is -3.47. The molecule has 0 aliphatic carbocycles. The first kappa shape index (κ1) is 15.1. The van der Waals surface area contributed by atoms with Gasteiger partial charge < -0.3 is 15.8 Å². The summed E-state index contributed by atoms with van der Waals surface area (Å²) in [6, 6.07) is 4.71. The highest BCUT2D eigenvalue weighted by atomic mass is 32.2. The van der Waals surface area contributed by atoms with Crippen molar-refractivity contribution >= 4 is 21.4 Å². The van der Waals surface area contributed by atoms with Crippen LogP contribution in [-0.2, 0) is 14.8 Å². The van der Waals surface area contributed by atoms with Crippen molar-refractivity contribution in [1.29, 1.82) is 0 Å². The summed E-state index contributed by atoms with van der Waals surface area (Å²) in [6.07, 6.45) is 2.20. The second-order valence-electron chi connectivity index (χ2n) is 4.94. The molecule has 0 aromatic heterocycles. The van der Waals surface area contributed by atoms with Gasteiger partial charge >= 0.3 is 0 Å². The van der Waals surface area contributed by atoms with Gasteiger partial charge in [0.05, 0.1) is 22.4 Å². The van der Waals surface area contributed by atoms with Gasteiger partial charge in [-0.15, -0.1) is 0 Å². The van der Waals surface area contributed by atoms with Crippen molar-refractivity contribution in [2.45, 2.75) is 36.8 Å². The van der Waals surface area contributed by atoms with Crippen LogP contribution in [0.2, 0.25) is 0 Å². The van der Waals surface area contributed by atoms with Crippen molar-refractivity contribution < 1.29 is 13.2 Å². The molecule has 1 heterocycles. The molecule has 20 heavy (non-hydrogen) atoms. The molecule has 4 N–H and O–H groups in total. The smallest absolute Gasteiger partial charge is 0.240 e. The van der Waals surface area contributed by atoms with Crippen LogP contribution in [0, 0.1) is 0 Å². The lowest BCUT2D eigenvalue weighted by Crippen LogP contribution is -2.30. The molecule has 0 saturated carbocycles. The number of sulfonamides is 1. The number of hydrogen-bond acceptors (Lipinski definition) is 5. The van der Waals surface area contributed by atoms with Gasteiger partial charge in [-0.2, -0.15) is 0 Å². The normalized spacial score (nSPS) is 20.8. The van der Waals surface area contributed by atoms with Gasteiger partial charge in [0.15, 0.2) is 0 Å². The molecule has 0 spiro atoms. The highest BCUT2D eigenvalue weighted by Crippen LogP contribution is 2.25. The number of anilines is 2. The van der Waals surface area contributed by atoms with Crippen molar-refractivity contribution in [2.24, 2.45) is 0 Å². The average Bonchev–Trinajstić information content (AvgIpc) is 2.95. The van der Waals surface area contributed by atoms with Crippen molar-refractivity contribution in [3.05, 3.63) is 18.2 Å². The summed E-state index contributed by atoms with van der Waals surface area (Å²) in [4.78, 5) is 0.191. The van der Waals surface area contributed by atoms with E-state index < -0.39 is 10.0 Å². The van der Waals surface area contributed by atoms with Gasteiger partial charge in [0.2, 0.25) is 10.0 Å². The van der Waals surface area contributed by atoms with E-state index in [4.69, 9.17) is 10.5 Å². The van der Waals surface area contributed by atoms with Crippen LogP contribution in [0.4, 0.5) is 11.4 Å². The Hall–Kier alpha value is -1.31. The summed E-state index contributed by atoms with van der Waals surface area (Å²) in [5.74, 6) is 0. The van der Waals surface area contributed by atoms with Crippen LogP contribution in [0.5, 0.6) is 0 Å². The largest absolute Gasteiger partial charge is 0.397 e. The monoisotopic (exact) mass is 299 g/mol. The van der Waals surface area contributed by atoms with E-state index in [2.05, 4.69) is 10.0 Å². The van der Waals surface area contributed by atoms with Crippen LogP contribution in [0.15, 0.2) is 23.1 Å². The lowest BCUT2D eigenvalue weighted by atomic mass is 10.1. The van der Waals surface area contributed by atoms with Crippen molar-refractivity contribution in [3.8, 4) is 0 Å². The molecular formula is C13H21N3O3S. The zero-order valence-electron chi connectivity index (χ0n) is 11.7. The van der Waals surface area contributed by atoms with E-state index in [9.17, 15) is 8.42 Å². The van der Waals surface area contributed by atoms with Gasteiger partial charge in [-0.3, -0.25) is 0 Å². The molecule has 1 aromatic rings. The van der Waals surface area contributed by atoms with Crippen LogP contribution < -0.4 is 15.8 Å². The quantitative estimate of drug-likeness (QED) is 0.709. The first-order valence-corrected chi connectivity index (χ1v) is 8.13. The minimum absolute atomic E-state index is 0.0762. The average molecular weight is 299 g/mol. The molecule has 1 aliphatic heterocycles. The van der Waals surface area contributed by atoms with Gasteiger partial charge in [0.25, 0.3) is 0 Å². The molecule has 1 aliphatic rings. The second kappa shape index (κ2) is 5.99. The summed E-state index contributed by atoms with van der Waals surface area (Å²) in [5, 5.41) is 3.25. The Morgan fingerprint density at radius 3 is 2.80 bits per heavy atom. The van der Waals surface area contributed by atoms with E-state index in [0.717, 1.165) is 19.4 Å². The molecule has 0 bridgehead atoms.